The summed E-state index contributed by atoms with van der Waals surface area (Å²) in [5.41, 5.74) is 1.66. The zero-order chi connectivity index (χ0) is 21.8. The fraction of sp³-hybridized carbons (Fsp3) is 0.300. The monoisotopic (exact) mass is 458 g/mol. The van der Waals surface area contributed by atoms with E-state index in [-0.39, 0.29) is 4.90 Å². The summed E-state index contributed by atoms with van der Waals surface area (Å²) in [5, 5.41) is 17.0. The van der Waals surface area contributed by atoms with Crippen molar-refractivity contribution in [2.75, 3.05) is 13.1 Å². The van der Waals surface area contributed by atoms with Gasteiger partial charge >= 0.3 is 0 Å². The molecule has 0 unspecified atom stereocenters. The number of hydrogen-bond acceptors (Lipinski definition) is 8. The van der Waals surface area contributed by atoms with Crippen LogP contribution in [0.1, 0.15) is 31.2 Å². The third-order valence-corrected chi connectivity index (χ3v) is 7.68. The topological polar surface area (TPSA) is 106 Å². The summed E-state index contributed by atoms with van der Waals surface area (Å²) in [7, 11) is -3.57. The molecule has 4 aromatic rings. The van der Waals surface area contributed by atoms with E-state index in [1.54, 1.807) is 22.7 Å². The molecule has 9 nitrogen and oxygen atoms in total. The minimum Gasteiger partial charge on any atom is -0.424 e. The van der Waals surface area contributed by atoms with Crippen LogP contribution in [-0.2, 0) is 22.2 Å². The van der Waals surface area contributed by atoms with Gasteiger partial charge in [0.1, 0.15) is 0 Å². The largest absolute Gasteiger partial charge is 0.424 e. The lowest BCUT2D eigenvalue weighted by Gasteiger charge is -2.18. The molecule has 0 bridgehead atoms. The van der Waals surface area contributed by atoms with Gasteiger partial charge in [0.25, 0.3) is 0 Å². The number of thioether (sulfide) groups is 1. The molecule has 0 spiro atoms. The second kappa shape index (κ2) is 9.16. The maximum absolute atomic E-state index is 12.8. The Labute approximate surface area is 184 Å². The molecular formula is C20H22N6O3S2. The molecule has 0 atom stereocenters. The summed E-state index contributed by atoms with van der Waals surface area (Å²) in [6, 6.07) is 13.1. The van der Waals surface area contributed by atoms with E-state index in [2.05, 4.69) is 20.4 Å². The Balaban J connectivity index is 1.50. The molecule has 0 saturated heterocycles. The fourth-order valence-corrected chi connectivity index (χ4v) is 5.34. The smallest absolute Gasteiger partial charge is 0.244 e. The Morgan fingerprint density at radius 1 is 0.968 bits per heavy atom. The van der Waals surface area contributed by atoms with Crippen LogP contribution in [0.2, 0.25) is 0 Å². The van der Waals surface area contributed by atoms with Crippen molar-refractivity contribution in [1.82, 2.24) is 29.1 Å². The SMILES string of the molecule is CCN(CC)S(=O)(=O)c1ccc2nnc(SCc3nnc(Cc4ccccc4)o3)n2c1. The van der Waals surface area contributed by atoms with E-state index in [0.717, 1.165) is 5.56 Å². The maximum atomic E-state index is 12.8. The standard InChI is InChI=1S/C20H22N6O3S2/c1-3-25(4-2)31(27,28)16-10-11-17-21-24-20(26(17)13-16)30-14-19-23-22-18(29-19)12-15-8-6-5-7-9-15/h5-11,13H,3-4,12,14H2,1-2H3. The van der Waals surface area contributed by atoms with E-state index >= 15 is 0 Å². The van der Waals surface area contributed by atoms with Crippen LogP contribution >= 0.6 is 11.8 Å². The molecule has 1 aromatic carbocycles. The predicted octanol–water partition coefficient (Wildman–Crippen LogP) is 3.03. The van der Waals surface area contributed by atoms with Gasteiger partial charge in [-0.1, -0.05) is 55.9 Å². The highest BCUT2D eigenvalue weighted by molar-refractivity contribution is 7.98. The zero-order valence-corrected chi connectivity index (χ0v) is 18.8. The fourth-order valence-electron chi connectivity index (χ4n) is 3.13. The summed E-state index contributed by atoms with van der Waals surface area (Å²) in [4.78, 5) is 0.202. The second-order valence-corrected chi connectivity index (χ2v) is 9.59. The van der Waals surface area contributed by atoms with Gasteiger partial charge in [0.05, 0.1) is 17.1 Å². The first kappa shape index (κ1) is 21.5. The number of benzene rings is 1. The highest BCUT2D eigenvalue weighted by atomic mass is 32.2. The highest BCUT2D eigenvalue weighted by Crippen LogP contribution is 2.24. The number of aromatic nitrogens is 5. The molecule has 0 N–H and O–H groups in total. The lowest BCUT2D eigenvalue weighted by molar-refractivity contribution is 0.445. The minimum absolute atomic E-state index is 0.202. The van der Waals surface area contributed by atoms with Crippen LogP contribution in [0.4, 0.5) is 0 Å². The van der Waals surface area contributed by atoms with E-state index < -0.39 is 10.0 Å². The first-order chi connectivity index (χ1) is 15.0. The Morgan fingerprint density at radius 2 is 1.71 bits per heavy atom. The molecule has 162 valence electrons. The van der Waals surface area contributed by atoms with Gasteiger partial charge in [-0.15, -0.1) is 20.4 Å². The molecule has 0 saturated carbocycles. The van der Waals surface area contributed by atoms with Gasteiger partial charge in [0.2, 0.25) is 21.8 Å². The number of hydrogen-bond donors (Lipinski definition) is 0. The maximum Gasteiger partial charge on any atom is 0.244 e. The molecule has 0 fully saturated rings. The van der Waals surface area contributed by atoms with Crippen LogP contribution < -0.4 is 0 Å². The first-order valence-electron chi connectivity index (χ1n) is 9.84. The van der Waals surface area contributed by atoms with Crippen LogP contribution in [-0.4, -0.2) is 50.6 Å². The van der Waals surface area contributed by atoms with Gasteiger partial charge in [-0.05, 0) is 17.7 Å². The van der Waals surface area contributed by atoms with Gasteiger partial charge in [0.15, 0.2) is 10.8 Å². The van der Waals surface area contributed by atoms with Crippen molar-refractivity contribution in [3.05, 3.63) is 66.0 Å². The van der Waals surface area contributed by atoms with Gasteiger partial charge < -0.3 is 4.42 Å². The number of pyridine rings is 1. The van der Waals surface area contributed by atoms with Crippen molar-refractivity contribution in [3.8, 4) is 0 Å². The average molecular weight is 459 g/mol. The van der Waals surface area contributed by atoms with E-state index in [0.29, 0.717) is 47.8 Å². The van der Waals surface area contributed by atoms with Crippen LogP contribution in [0, 0.1) is 0 Å². The zero-order valence-electron chi connectivity index (χ0n) is 17.2. The summed E-state index contributed by atoms with van der Waals surface area (Å²) < 4.78 is 34.5. The third kappa shape index (κ3) is 4.63. The Morgan fingerprint density at radius 3 is 2.45 bits per heavy atom. The molecule has 3 aromatic heterocycles. The molecule has 3 heterocycles. The summed E-state index contributed by atoms with van der Waals surface area (Å²) in [5.74, 6) is 1.41. The Hall–Kier alpha value is -2.76. The number of rotatable bonds is 9. The van der Waals surface area contributed by atoms with Crippen molar-refractivity contribution >= 4 is 27.4 Å². The van der Waals surface area contributed by atoms with Crippen molar-refractivity contribution < 1.29 is 12.8 Å². The van der Waals surface area contributed by atoms with E-state index in [1.165, 1.54) is 16.1 Å². The van der Waals surface area contributed by atoms with Crippen molar-refractivity contribution in [2.24, 2.45) is 0 Å². The summed E-state index contributed by atoms with van der Waals surface area (Å²) in [6.07, 6.45) is 2.12. The number of fused-ring (bicyclic) bond motifs is 1. The van der Waals surface area contributed by atoms with E-state index in [4.69, 9.17) is 4.42 Å². The van der Waals surface area contributed by atoms with E-state index in [9.17, 15) is 8.42 Å². The molecule has 0 radical (unpaired) electrons. The minimum atomic E-state index is -3.57. The quantitative estimate of drug-likeness (QED) is 0.352. The van der Waals surface area contributed by atoms with Crippen LogP contribution in [0.25, 0.3) is 5.65 Å². The lowest BCUT2D eigenvalue weighted by atomic mass is 10.2. The normalized spacial score (nSPS) is 12.1. The lowest BCUT2D eigenvalue weighted by Crippen LogP contribution is -2.30. The van der Waals surface area contributed by atoms with Crippen LogP contribution in [0.3, 0.4) is 0 Å². The number of nitrogens with zero attached hydrogens (tertiary/aromatic N) is 6. The van der Waals surface area contributed by atoms with Crippen molar-refractivity contribution in [2.45, 2.75) is 36.1 Å². The van der Waals surface area contributed by atoms with Gasteiger partial charge in [-0.25, -0.2) is 8.42 Å². The molecule has 0 aliphatic carbocycles. The van der Waals surface area contributed by atoms with Gasteiger partial charge in [-0.2, -0.15) is 4.31 Å². The van der Waals surface area contributed by atoms with Crippen LogP contribution in [0.15, 0.2) is 63.1 Å². The predicted molar refractivity (Wildman–Crippen MR) is 116 cm³/mol. The summed E-state index contributed by atoms with van der Waals surface area (Å²) in [6.45, 7) is 4.44. The molecule has 0 aliphatic rings. The molecule has 11 heteroatoms. The summed E-state index contributed by atoms with van der Waals surface area (Å²) >= 11 is 1.35. The molecule has 31 heavy (non-hydrogen) atoms. The number of sulfonamides is 1. The van der Waals surface area contributed by atoms with Crippen LogP contribution in [0.5, 0.6) is 0 Å². The molecule has 4 rings (SSSR count). The molecule has 0 aliphatic heterocycles. The van der Waals surface area contributed by atoms with Crippen molar-refractivity contribution in [3.63, 3.8) is 0 Å². The van der Waals surface area contributed by atoms with E-state index in [1.807, 2.05) is 44.2 Å². The van der Waals surface area contributed by atoms with Gasteiger partial charge in [-0.3, -0.25) is 4.40 Å². The first-order valence-corrected chi connectivity index (χ1v) is 12.3. The van der Waals surface area contributed by atoms with Gasteiger partial charge in [0, 0.05) is 19.3 Å². The average Bonchev–Trinajstić information content (AvgIpc) is 3.39. The Bertz CT molecular complexity index is 1270. The third-order valence-electron chi connectivity index (χ3n) is 4.72. The second-order valence-electron chi connectivity index (χ2n) is 6.71. The molecule has 0 amide bonds. The molecular weight excluding hydrogens is 436 g/mol. The van der Waals surface area contributed by atoms with Crippen molar-refractivity contribution in [1.29, 1.82) is 0 Å². The Kier molecular flexibility index (Phi) is 6.35. The highest BCUT2D eigenvalue weighted by Gasteiger charge is 2.23.